The molecule has 0 radical (unpaired) electrons. The molecule has 1 aliphatic rings. The molecular formula is C14H19BrFN. The molecule has 1 nitrogen and oxygen atoms in total. The van der Waals surface area contributed by atoms with E-state index in [1.54, 1.807) is 6.07 Å². The Morgan fingerprint density at radius 3 is 2.88 bits per heavy atom. The minimum Gasteiger partial charge on any atom is -0.366 e. The van der Waals surface area contributed by atoms with E-state index in [0.717, 1.165) is 24.2 Å². The first-order chi connectivity index (χ1) is 8.26. The molecule has 0 amide bonds. The van der Waals surface area contributed by atoms with Crippen LogP contribution >= 0.6 is 15.9 Å². The van der Waals surface area contributed by atoms with Crippen molar-refractivity contribution >= 4 is 21.6 Å². The van der Waals surface area contributed by atoms with Gasteiger partial charge in [0.2, 0.25) is 0 Å². The predicted molar refractivity (Wildman–Crippen MR) is 74.3 cm³/mol. The standard InChI is InChI=1S/C14H19BrFN/c1-2-12-5-3-4-8-17(12)14-7-6-11(10-15)9-13(14)16/h6-7,9,12H,2-5,8,10H2,1H3. The largest absolute Gasteiger partial charge is 0.366 e. The van der Waals surface area contributed by atoms with Crippen molar-refractivity contribution in [1.82, 2.24) is 0 Å². The van der Waals surface area contributed by atoms with E-state index < -0.39 is 0 Å². The van der Waals surface area contributed by atoms with Gasteiger partial charge in [0, 0.05) is 17.9 Å². The number of hydrogen-bond donors (Lipinski definition) is 0. The summed E-state index contributed by atoms with van der Waals surface area (Å²) in [6.07, 6.45) is 4.74. The summed E-state index contributed by atoms with van der Waals surface area (Å²) in [5.74, 6) is -0.0812. The lowest BCUT2D eigenvalue weighted by atomic mass is 9.99. The summed E-state index contributed by atoms with van der Waals surface area (Å²) < 4.78 is 14.1. The van der Waals surface area contributed by atoms with Gasteiger partial charge in [0.05, 0.1) is 5.69 Å². The van der Waals surface area contributed by atoms with Gasteiger partial charge in [-0.1, -0.05) is 28.9 Å². The van der Waals surface area contributed by atoms with Gasteiger partial charge in [-0.3, -0.25) is 0 Å². The van der Waals surface area contributed by atoms with E-state index in [9.17, 15) is 4.39 Å². The topological polar surface area (TPSA) is 3.24 Å². The molecule has 1 heterocycles. The van der Waals surface area contributed by atoms with Crippen molar-refractivity contribution in [3.05, 3.63) is 29.6 Å². The molecule has 1 aliphatic heterocycles. The molecule has 0 aromatic heterocycles. The summed E-state index contributed by atoms with van der Waals surface area (Å²) in [6, 6.07) is 6.09. The summed E-state index contributed by atoms with van der Waals surface area (Å²) >= 11 is 3.36. The maximum Gasteiger partial charge on any atom is 0.146 e. The fraction of sp³-hybridized carbons (Fsp3) is 0.571. The zero-order valence-corrected chi connectivity index (χ0v) is 11.8. The van der Waals surface area contributed by atoms with Crippen LogP contribution in [0.4, 0.5) is 10.1 Å². The van der Waals surface area contributed by atoms with E-state index in [1.807, 2.05) is 12.1 Å². The van der Waals surface area contributed by atoms with Gasteiger partial charge >= 0.3 is 0 Å². The van der Waals surface area contributed by atoms with Gasteiger partial charge in [-0.15, -0.1) is 0 Å². The fourth-order valence-electron chi connectivity index (χ4n) is 2.61. The van der Waals surface area contributed by atoms with Gasteiger partial charge in [0.25, 0.3) is 0 Å². The van der Waals surface area contributed by atoms with Crippen LogP contribution < -0.4 is 4.90 Å². The third-order valence-electron chi connectivity index (χ3n) is 3.57. The molecule has 3 heteroatoms. The van der Waals surface area contributed by atoms with Crippen molar-refractivity contribution in [2.24, 2.45) is 0 Å². The second-order valence-electron chi connectivity index (χ2n) is 4.67. The zero-order chi connectivity index (χ0) is 12.3. The molecule has 1 fully saturated rings. The number of nitrogens with zero attached hydrogens (tertiary/aromatic N) is 1. The monoisotopic (exact) mass is 299 g/mol. The Balaban J connectivity index is 2.25. The van der Waals surface area contributed by atoms with E-state index in [2.05, 4.69) is 27.8 Å². The summed E-state index contributed by atoms with van der Waals surface area (Å²) in [4.78, 5) is 2.25. The van der Waals surface area contributed by atoms with E-state index in [-0.39, 0.29) is 5.82 Å². The van der Waals surface area contributed by atoms with Gasteiger partial charge in [-0.05, 0) is 43.4 Å². The van der Waals surface area contributed by atoms with Crippen molar-refractivity contribution in [2.75, 3.05) is 11.4 Å². The lowest BCUT2D eigenvalue weighted by Gasteiger charge is -2.37. The Labute approximate surface area is 111 Å². The molecule has 1 atom stereocenters. The van der Waals surface area contributed by atoms with E-state index in [4.69, 9.17) is 0 Å². The molecule has 0 spiro atoms. The number of piperidine rings is 1. The van der Waals surface area contributed by atoms with Gasteiger partial charge in [-0.2, -0.15) is 0 Å². The Morgan fingerprint density at radius 1 is 1.41 bits per heavy atom. The van der Waals surface area contributed by atoms with Gasteiger partial charge < -0.3 is 4.90 Å². The molecule has 1 aromatic rings. The smallest absolute Gasteiger partial charge is 0.146 e. The molecule has 1 aromatic carbocycles. The summed E-state index contributed by atoms with van der Waals surface area (Å²) in [5, 5.41) is 0.710. The van der Waals surface area contributed by atoms with Gasteiger partial charge in [-0.25, -0.2) is 4.39 Å². The molecular weight excluding hydrogens is 281 g/mol. The lowest BCUT2D eigenvalue weighted by Crippen LogP contribution is -2.39. The highest BCUT2D eigenvalue weighted by Crippen LogP contribution is 2.29. The minimum atomic E-state index is -0.0812. The van der Waals surface area contributed by atoms with E-state index in [1.165, 1.54) is 19.3 Å². The van der Waals surface area contributed by atoms with Crippen LogP contribution in [0.1, 0.15) is 38.2 Å². The maximum absolute atomic E-state index is 14.1. The van der Waals surface area contributed by atoms with Crippen molar-refractivity contribution in [2.45, 2.75) is 44.0 Å². The molecule has 0 aliphatic carbocycles. The van der Waals surface area contributed by atoms with Crippen molar-refractivity contribution in [3.8, 4) is 0 Å². The summed E-state index contributed by atoms with van der Waals surface area (Å²) in [7, 11) is 0. The second kappa shape index (κ2) is 5.85. The molecule has 2 rings (SSSR count). The highest BCUT2D eigenvalue weighted by atomic mass is 79.9. The van der Waals surface area contributed by atoms with Crippen molar-refractivity contribution < 1.29 is 4.39 Å². The molecule has 0 bridgehead atoms. The third-order valence-corrected chi connectivity index (χ3v) is 4.22. The Morgan fingerprint density at radius 2 is 2.24 bits per heavy atom. The number of hydrogen-bond acceptors (Lipinski definition) is 1. The van der Waals surface area contributed by atoms with Crippen LogP contribution in [0, 0.1) is 5.82 Å². The number of anilines is 1. The Bertz CT molecular complexity index is 380. The normalized spacial score (nSPS) is 20.6. The van der Waals surface area contributed by atoms with Crippen LogP contribution in [0.15, 0.2) is 18.2 Å². The molecule has 1 saturated heterocycles. The minimum absolute atomic E-state index is 0.0812. The van der Waals surface area contributed by atoms with E-state index in [0.29, 0.717) is 11.4 Å². The van der Waals surface area contributed by atoms with Crippen LogP contribution in [0.2, 0.25) is 0 Å². The first-order valence-electron chi connectivity index (χ1n) is 6.37. The number of rotatable bonds is 3. The van der Waals surface area contributed by atoms with Crippen molar-refractivity contribution in [3.63, 3.8) is 0 Å². The summed E-state index contributed by atoms with van der Waals surface area (Å²) in [5.41, 5.74) is 1.78. The van der Waals surface area contributed by atoms with Gasteiger partial charge in [0.15, 0.2) is 0 Å². The highest BCUT2D eigenvalue weighted by Gasteiger charge is 2.23. The first kappa shape index (κ1) is 12.9. The molecule has 94 valence electrons. The Hall–Kier alpha value is -0.570. The fourth-order valence-corrected chi connectivity index (χ4v) is 2.96. The van der Waals surface area contributed by atoms with Crippen LogP contribution in [0.5, 0.6) is 0 Å². The lowest BCUT2D eigenvalue weighted by molar-refractivity contribution is 0.443. The number of alkyl halides is 1. The second-order valence-corrected chi connectivity index (χ2v) is 5.23. The Kier molecular flexibility index (Phi) is 4.43. The predicted octanol–water partition coefficient (Wildman–Crippen LogP) is 4.49. The van der Waals surface area contributed by atoms with Crippen LogP contribution in [-0.4, -0.2) is 12.6 Å². The zero-order valence-electron chi connectivity index (χ0n) is 10.3. The quantitative estimate of drug-likeness (QED) is 0.743. The number of halogens is 2. The average molecular weight is 300 g/mol. The third kappa shape index (κ3) is 2.82. The van der Waals surface area contributed by atoms with Crippen molar-refractivity contribution in [1.29, 1.82) is 0 Å². The van der Waals surface area contributed by atoms with Crippen LogP contribution in [0.3, 0.4) is 0 Å². The number of benzene rings is 1. The molecule has 0 saturated carbocycles. The summed E-state index contributed by atoms with van der Waals surface area (Å²) in [6.45, 7) is 3.18. The van der Waals surface area contributed by atoms with E-state index >= 15 is 0 Å². The molecule has 17 heavy (non-hydrogen) atoms. The van der Waals surface area contributed by atoms with Gasteiger partial charge in [0.1, 0.15) is 5.82 Å². The highest BCUT2D eigenvalue weighted by molar-refractivity contribution is 9.08. The maximum atomic E-state index is 14.1. The first-order valence-corrected chi connectivity index (χ1v) is 7.49. The van der Waals surface area contributed by atoms with Crippen LogP contribution in [0.25, 0.3) is 0 Å². The molecule has 0 N–H and O–H groups in total. The molecule has 1 unspecified atom stereocenters. The van der Waals surface area contributed by atoms with Crippen LogP contribution in [-0.2, 0) is 5.33 Å². The average Bonchev–Trinajstić information content (AvgIpc) is 2.38. The SMILES string of the molecule is CCC1CCCCN1c1ccc(CBr)cc1F.